The van der Waals surface area contributed by atoms with E-state index in [0.29, 0.717) is 12.8 Å². The van der Waals surface area contributed by atoms with Crippen LogP contribution >= 0.6 is 22.6 Å². The number of hydrogen-bond acceptors (Lipinski definition) is 1. The van der Waals surface area contributed by atoms with Crippen LogP contribution in [0.1, 0.15) is 39.0 Å². The molecule has 2 nitrogen and oxygen atoms in total. The monoisotopic (exact) mass is 389 g/mol. The quantitative estimate of drug-likeness (QED) is 0.490. The Morgan fingerprint density at radius 2 is 2.11 bits per heavy atom. The molecule has 0 fully saturated rings. The van der Waals surface area contributed by atoms with Crippen molar-refractivity contribution in [3.63, 3.8) is 0 Å². The molecule has 1 heterocycles. The normalized spacial score (nSPS) is 20.7. The van der Waals surface area contributed by atoms with Gasteiger partial charge in [0, 0.05) is 17.4 Å². The zero-order valence-electron chi connectivity index (χ0n) is 11.0. The third-order valence-corrected chi connectivity index (χ3v) is 3.92. The van der Waals surface area contributed by atoms with Crippen LogP contribution in [-0.4, -0.2) is 28.0 Å². The minimum Gasteiger partial charge on any atom is -0.308 e. The lowest BCUT2D eigenvalue weighted by atomic mass is 9.93. The summed E-state index contributed by atoms with van der Waals surface area (Å²) in [5.74, 6) is -0.652. The lowest BCUT2D eigenvalue weighted by Crippen LogP contribution is -2.41. The van der Waals surface area contributed by atoms with Gasteiger partial charge in [-0.05, 0) is 18.8 Å². The van der Waals surface area contributed by atoms with Crippen molar-refractivity contribution in [1.29, 1.82) is 0 Å². The van der Waals surface area contributed by atoms with Crippen LogP contribution in [0.5, 0.6) is 0 Å². The number of allylic oxidation sites excluding steroid dienone is 2. The van der Waals surface area contributed by atoms with Gasteiger partial charge in [-0.3, -0.25) is 4.79 Å². The number of hydrogen-bond donors (Lipinski definition) is 0. The van der Waals surface area contributed by atoms with Crippen LogP contribution in [0.2, 0.25) is 0 Å². The summed E-state index contributed by atoms with van der Waals surface area (Å²) in [6.07, 6.45) is 0.0456. The molecular formula is C13H19F3INO. The fraction of sp³-hybridized carbons (Fsp3) is 0.769. The van der Waals surface area contributed by atoms with Crippen LogP contribution in [0.4, 0.5) is 13.2 Å². The van der Waals surface area contributed by atoms with Gasteiger partial charge in [0.2, 0.25) is 5.91 Å². The van der Waals surface area contributed by atoms with Crippen LogP contribution in [0.15, 0.2) is 11.8 Å². The second-order valence-corrected chi connectivity index (χ2v) is 5.82. The third-order valence-electron chi connectivity index (χ3n) is 3.16. The lowest BCUT2D eigenvalue weighted by Gasteiger charge is -2.33. The van der Waals surface area contributed by atoms with Crippen molar-refractivity contribution >= 4 is 28.5 Å². The summed E-state index contributed by atoms with van der Waals surface area (Å²) in [6, 6.07) is 0. The highest BCUT2D eigenvalue weighted by Crippen LogP contribution is 2.35. The van der Waals surface area contributed by atoms with Gasteiger partial charge in [0.1, 0.15) is 5.70 Å². The van der Waals surface area contributed by atoms with Crippen LogP contribution in [-0.2, 0) is 4.79 Å². The van der Waals surface area contributed by atoms with Gasteiger partial charge in [0.05, 0.1) is 0 Å². The maximum atomic E-state index is 13.0. The highest BCUT2D eigenvalue weighted by atomic mass is 127. The molecule has 0 saturated carbocycles. The Morgan fingerprint density at radius 1 is 1.42 bits per heavy atom. The Balaban J connectivity index is 2.89. The Hall–Kier alpha value is -0.270. The maximum absolute atomic E-state index is 13.0. The molecule has 0 N–H and O–H groups in total. The first-order chi connectivity index (χ1) is 8.90. The number of unbranched alkanes of at least 4 members (excludes halogenated alkanes) is 1. The number of halogens is 4. The minimum atomic E-state index is -4.44. The van der Waals surface area contributed by atoms with Gasteiger partial charge in [-0.1, -0.05) is 48.4 Å². The minimum absolute atomic E-state index is 0.160. The number of carbonyl (C=O) groups is 1. The molecule has 0 radical (unpaired) electrons. The molecule has 0 aromatic heterocycles. The van der Waals surface area contributed by atoms with E-state index in [1.54, 1.807) is 0 Å². The first kappa shape index (κ1) is 16.8. The van der Waals surface area contributed by atoms with Crippen molar-refractivity contribution < 1.29 is 18.0 Å². The highest BCUT2D eigenvalue weighted by Gasteiger charge is 2.42. The van der Waals surface area contributed by atoms with Gasteiger partial charge < -0.3 is 4.90 Å². The predicted octanol–water partition coefficient (Wildman–Crippen LogP) is 4.30. The Bertz CT molecular complexity index is 341. The van der Waals surface area contributed by atoms with Crippen molar-refractivity contribution in [2.24, 2.45) is 5.92 Å². The molecular weight excluding hydrogens is 370 g/mol. The summed E-state index contributed by atoms with van der Waals surface area (Å²) in [5.41, 5.74) is -0.755. The molecule has 1 aliphatic heterocycles. The second kappa shape index (κ2) is 7.50. The van der Waals surface area contributed by atoms with E-state index in [1.807, 2.05) is 6.92 Å². The van der Waals surface area contributed by atoms with Crippen molar-refractivity contribution in [2.75, 3.05) is 11.0 Å². The molecule has 110 valence electrons. The number of nitrogens with zero attached hydrogens (tertiary/aromatic N) is 1. The zero-order valence-corrected chi connectivity index (χ0v) is 13.1. The molecule has 0 bridgehead atoms. The molecule has 19 heavy (non-hydrogen) atoms. The van der Waals surface area contributed by atoms with Gasteiger partial charge in [-0.2, -0.15) is 13.2 Å². The fourth-order valence-corrected chi connectivity index (χ4v) is 2.54. The molecule has 0 aromatic carbocycles. The SMILES string of the molecule is CCCC[C@@H]1C=C(C(F)(F)F)N(CCCI)C(=O)C1. The van der Waals surface area contributed by atoms with E-state index < -0.39 is 11.9 Å². The Labute approximate surface area is 125 Å². The third kappa shape index (κ3) is 4.96. The maximum Gasteiger partial charge on any atom is 0.431 e. The van der Waals surface area contributed by atoms with Crippen molar-refractivity contribution in [3.8, 4) is 0 Å². The molecule has 0 spiro atoms. The molecule has 6 heteroatoms. The van der Waals surface area contributed by atoms with E-state index in [1.165, 1.54) is 6.08 Å². The van der Waals surface area contributed by atoms with Crippen LogP contribution in [0.3, 0.4) is 0 Å². The van der Waals surface area contributed by atoms with Gasteiger partial charge in [0.25, 0.3) is 0 Å². The smallest absolute Gasteiger partial charge is 0.308 e. The average molecular weight is 389 g/mol. The largest absolute Gasteiger partial charge is 0.431 e. The summed E-state index contributed by atoms with van der Waals surface area (Å²) >= 11 is 2.10. The van der Waals surface area contributed by atoms with E-state index >= 15 is 0 Å². The van der Waals surface area contributed by atoms with E-state index in [0.717, 1.165) is 22.2 Å². The first-order valence-electron chi connectivity index (χ1n) is 6.55. The van der Waals surface area contributed by atoms with E-state index in [9.17, 15) is 18.0 Å². The van der Waals surface area contributed by atoms with Crippen LogP contribution in [0, 0.1) is 5.92 Å². The average Bonchev–Trinajstić information content (AvgIpc) is 2.33. The summed E-state index contributed by atoms with van der Waals surface area (Å²) in [5, 5.41) is 0. The molecule has 1 atom stereocenters. The molecule has 0 aliphatic carbocycles. The summed E-state index contributed by atoms with van der Waals surface area (Å²) < 4.78 is 39.8. The van der Waals surface area contributed by atoms with E-state index in [-0.39, 0.29) is 24.8 Å². The predicted molar refractivity (Wildman–Crippen MR) is 77.0 cm³/mol. The van der Waals surface area contributed by atoms with Crippen LogP contribution < -0.4 is 0 Å². The highest BCUT2D eigenvalue weighted by molar-refractivity contribution is 14.1. The number of amides is 1. The zero-order chi connectivity index (χ0) is 14.5. The van der Waals surface area contributed by atoms with Crippen molar-refractivity contribution in [1.82, 2.24) is 4.90 Å². The summed E-state index contributed by atoms with van der Waals surface area (Å²) in [4.78, 5) is 12.8. The fourth-order valence-electron chi connectivity index (χ4n) is 2.20. The Kier molecular flexibility index (Phi) is 6.62. The lowest BCUT2D eigenvalue weighted by molar-refractivity contribution is -0.145. The Morgan fingerprint density at radius 3 is 2.63 bits per heavy atom. The molecule has 1 aliphatic rings. The molecule has 0 aromatic rings. The van der Waals surface area contributed by atoms with E-state index in [4.69, 9.17) is 0 Å². The number of rotatable bonds is 6. The van der Waals surface area contributed by atoms with Gasteiger partial charge >= 0.3 is 6.18 Å². The van der Waals surface area contributed by atoms with Gasteiger partial charge in [0.15, 0.2) is 0 Å². The topological polar surface area (TPSA) is 20.3 Å². The number of alkyl halides is 4. The molecule has 1 rings (SSSR count). The number of carbonyl (C=O) groups excluding carboxylic acids is 1. The van der Waals surface area contributed by atoms with Gasteiger partial charge in [-0.25, -0.2) is 0 Å². The summed E-state index contributed by atoms with van der Waals surface area (Å²) in [7, 11) is 0. The standard InChI is InChI=1S/C13H19F3INO/c1-2-3-5-10-8-11(13(14,15)16)18(7-4-6-17)12(19)9-10/h8,10H,2-7,9H2,1H3/t10-/m1/s1. The first-order valence-corrected chi connectivity index (χ1v) is 8.08. The van der Waals surface area contributed by atoms with Gasteiger partial charge in [-0.15, -0.1) is 0 Å². The molecule has 0 unspecified atom stereocenters. The molecule has 0 saturated heterocycles. The second-order valence-electron chi connectivity index (χ2n) is 4.74. The van der Waals surface area contributed by atoms with E-state index in [2.05, 4.69) is 22.6 Å². The van der Waals surface area contributed by atoms with Crippen molar-refractivity contribution in [2.45, 2.75) is 45.2 Å². The summed E-state index contributed by atoms with van der Waals surface area (Å²) in [6.45, 7) is 2.15. The van der Waals surface area contributed by atoms with Crippen LogP contribution in [0.25, 0.3) is 0 Å². The van der Waals surface area contributed by atoms with Crippen molar-refractivity contribution in [3.05, 3.63) is 11.8 Å². The molecule has 1 amide bonds.